The maximum atomic E-state index is 11.1. The molecular formula is C9H15NO3. The molecule has 4 heteroatoms. The Balaban J connectivity index is 2.01. The van der Waals surface area contributed by atoms with Crippen molar-refractivity contribution in [3.8, 4) is 0 Å². The molecule has 0 bridgehead atoms. The van der Waals surface area contributed by atoms with Crippen molar-refractivity contribution in [3.05, 3.63) is 0 Å². The molecule has 0 aromatic carbocycles. The highest BCUT2D eigenvalue weighted by atomic mass is 16.8. The molecule has 0 N–H and O–H groups in total. The van der Waals surface area contributed by atoms with Gasteiger partial charge in [0.15, 0.2) is 5.79 Å². The number of hydrogen-bond donors (Lipinski definition) is 0. The Labute approximate surface area is 77.8 Å². The Morgan fingerprint density at radius 2 is 1.77 bits per heavy atom. The lowest BCUT2D eigenvalue weighted by Crippen LogP contribution is -2.32. The van der Waals surface area contributed by atoms with Gasteiger partial charge in [0, 0.05) is 20.0 Å². The third-order valence-corrected chi connectivity index (χ3v) is 2.53. The van der Waals surface area contributed by atoms with Crippen molar-refractivity contribution in [1.82, 2.24) is 4.90 Å². The van der Waals surface area contributed by atoms with Gasteiger partial charge in [-0.3, -0.25) is 4.79 Å². The molecule has 0 radical (unpaired) electrons. The van der Waals surface area contributed by atoms with Crippen molar-refractivity contribution >= 4 is 5.91 Å². The van der Waals surface area contributed by atoms with Gasteiger partial charge in [0.1, 0.15) is 12.2 Å². The summed E-state index contributed by atoms with van der Waals surface area (Å²) >= 11 is 0. The van der Waals surface area contributed by atoms with Gasteiger partial charge in [0.25, 0.3) is 0 Å². The summed E-state index contributed by atoms with van der Waals surface area (Å²) in [6, 6.07) is 0. The molecular weight excluding hydrogens is 170 g/mol. The van der Waals surface area contributed by atoms with E-state index in [1.165, 1.54) is 0 Å². The summed E-state index contributed by atoms with van der Waals surface area (Å²) in [6.45, 7) is 6.73. The molecule has 74 valence electrons. The van der Waals surface area contributed by atoms with Gasteiger partial charge in [0.05, 0.1) is 0 Å². The third kappa shape index (κ3) is 1.56. The number of nitrogens with zero attached hydrogens (tertiary/aromatic N) is 1. The lowest BCUT2D eigenvalue weighted by atomic mass is 10.3. The highest BCUT2D eigenvalue weighted by Gasteiger charge is 2.47. The van der Waals surface area contributed by atoms with Crippen LogP contribution in [0.25, 0.3) is 0 Å². The maximum Gasteiger partial charge on any atom is 0.219 e. The summed E-state index contributed by atoms with van der Waals surface area (Å²) < 4.78 is 11.3. The maximum absolute atomic E-state index is 11.1. The summed E-state index contributed by atoms with van der Waals surface area (Å²) in [5, 5.41) is 0. The molecule has 4 nitrogen and oxygen atoms in total. The smallest absolute Gasteiger partial charge is 0.219 e. The van der Waals surface area contributed by atoms with E-state index in [9.17, 15) is 4.79 Å². The average molecular weight is 185 g/mol. The van der Waals surface area contributed by atoms with Crippen molar-refractivity contribution in [2.45, 2.75) is 38.8 Å². The normalized spacial score (nSPS) is 36.4. The summed E-state index contributed by atoms with van der Waals surface area (Å²) in [4.78, 5) is 12.8. The first-order chi connectivity index (χ1) is 5.98. The Bertz CT molecular complexity index is 223. The Morgan fingerprint density at radius 3 is 2.15 bits per heavy atom. The van der Waals surface area contributed by atoms with Crippen molar-refractivity contribution in [3.63, 3.8) is 0 Å². The largest absolute Gasteiger partial charge is 0.343 e. The van der Waals surface area contributed by atoms with E-state index >= 15 is 0 Å². The van der Waals surface area contributed by atoms with E-state index in [-0.39, 0.29) is 18.1 Å². The number of carbonyl (C=O) groups is 1. The number of fused-ring (bicyclic) bond motifs is 1. The van der Waals surface area contributed by atoms with Gasteiger partial charge in [-0.05, 0) is 13.8 Å². The molecule has 2 aliphatic heterocycles. The molecule has 0 aromatic heterocycles. The molecule has 1 amide bonds. The van der Waals surface area contributed by atoms with E-state index in [4.69, 9.17) is 9.47 Å². The zero-order valence-electron chi connectivity index (χ0n) is 8.24. The fraction of sp³-hybridized carbons (Fsp3) is 0.889. The van der Waals surface area contributed by atoms with Crippen LogP contribution in [0.2, 0.25) is 0 Å². The summed E-state index contributed by atoms with van der Waals surface area (Å²) in [5.74, 6) is -0.377. The van der Waals surface area contributed by atoms with Crippen LogP contribution in [-0.4, -0.2) is 41.9 Å². The number of rotatable bonds is 0. The minimum atomic E-state index is -0.474. The second-order valence-electron chi connectivity index (χ2n) is 4.14. The van der Waals surface area contributed by atoms with Gasteiger partial charge < -0.3 is 14.4 Å². The fourth-order valence-corrected chi connectivity index (χ4v) is 1.98. The van der Waals surface area contributed by atoms with Crippen molar-refractivity contribution in [2.75, 3.05) is 13.1 Å². The molecule has 0 aliphatic carbocycles. The average Bonchev–Trinajstić information content (AvgIpc) is 2.39. The van der Waals surface area contributed by atoms with Crippen LogP contribution in [0.1, 0.15) is 20.8 Å². The first kappa shape index (κ1) is 8.97. The quantitative estimate of drug-likeness (QED) is 0.547. The molecule has 0 spiro atoms. The first-order valence-corrected chi connectivity index (χ1v) is 4.59. The van der Waals surface area contributed by atoms with Crippen LogP contribution in [0.3, 0.4) is 0 Å². The summed E-state index contributed by atoms with van der Waals surface area (Å²) in [5.41, 5.74) is 0. The third-order valence-electron chi connectivity index (χ3n) is 2.53. The van der Waals surface area contributed by atoms with E-state index in [2.05, 4.69) is 0 Å². The van der Waals surface area contributed by atoms with Crippen LogP contribution in [0, 0.1) is 0 Å². The minimum absolute atomic E-state index is 0.0684. The van der Waals surface area contributed by atoms with Crippen molar-refractivity contribution in [1.29, 1.82) is 0 Å². The van der Waals surface area contributed by atoms with Gasteiger partial charge in [-0.2, -0.15) is 0 Å². The van der Waals surface area contributed by atoms with Crippen LogP contribution in [-0.2, 0) is 14.3 Å². The first-order valence-electron chi connectivity index (χ1n) is 4.59. The Hall–Kier alpha value is -0.610. The lowest BCUT2D eigenvalue weighted by Gasteiger charge is -2.21. The molecule has 2 rings (SSSR count). The van der Waals surface area contributed by atoms with Crippen LogP contribution >= 0.6 is 0 Å². The van der Waals surface area contributed by atoms with Crippen LogP contribution in [0.4, 0.5) is 0 Å². The Kier molecular flexibility index (Phi) is 1.85. The number of likely N-dealkylation sites (tertiary alicyclic amines) is 1. The van der Waals surface area contributed by atoms with Gasteiger partial charge >= 0.3 is 0 Å². The number of hydrogen-bond acceptors (Lipinski definition) is 3. The molecule has 0 unspecified atom stereocenters. The highest BCUT2D eigenvalue weighted by molar-refractivity contribution is 5.73. The molecule has 2 atom stereocenters. The predicted molar refractivity (Wildman–Crippen MR) is 46.1 cm³/mol. The van der Waals surface area contributed by atoms with E-state index < -0.39 is 5.79 Å². The van der Waals surface area contributed by atoms with Crippen LogP contribution in [0.15, 0.2) is 0 Å². The van der Waals surface area contributed by atoms with Gasteiger partial charge in [0.2, 0.25) is 5.91 Å². The van der Waals surface area contributed by atoms with E-state index in [0.717, 1.165) is 0 Å². The molecule has 2 heterocycles. The molecule has 2 fully saturated rings. The van der Waals surface area contributed by atoms with Gasteiger partial charge in [-0.25, -0.2) is 0 Å². The Morgan fingerprint density at radius 1 is 1.31 bits per heavy atom. The predicted octanol–water partition coefficient (Wildman–Crippen LogP) is 0.369. The second-order valence-corrected chi connectivity index (χ2v) is 4.14. The van der Waals surface area contributed by atoms with Crippen LogP contribution in [0.5, 0.6) is 0 Å². The SMILES string of the molecule is CC(=O)N1C[C@@H]2OC(C)(C)O[C@@H]2C1. The second kappa shape index (κ2) is 2.69. The van der Waals surface area contributed by atoms with Crippen molar-refractivity contribution in [2.24, 2.45) is 0 Å². The van der Waals surface area contributed by atoms with Crippen molar-refractivity contribution < 1.29 is 14.3 Å². The summed E-state index contributed by atoms with van der Waals surface area (Å²) in [6.07, 6.45) is 0.137. The monoisotopic (exact) mass is 185 g/mol. The topological polar surface area (TPSA) is 38.8 Å². The number of amides is 1. The van der Waals surface area contributed by atoms with Gasteiger partial charge in [-0.15, -0.1) is 0 Å². The van der Waals surface area contributed by atoms with E-state index in [1.54, 1.807) is 11.8 Å². The molecule has 2 saturated heterocycles. The molecule has 0 aromatic rings. The molecule has 2 aliphatic rings. The van der Waals surface area contributed by atoms with E-state index in [1.807, 2.05) is 13.8 Å². The van der Waals surface area contributed by atoms with E-state index in [0.29, 0.717) is 13.1 Å². The number of ether oxygens (including phenoxy) is 2. The lowest BCUT2D eigenvalue weighted by molar-refractivity contribution is -0.159. The zero-order chi connectivity index (χ0) is 9.64. The fourth-order valence-electron chi connectivity index (χ4n) is 1.98. The minimum Gasteiger partial charge on any atom is -0.343 e. The molecule has 0 saturated carbocycles. The number of carbonyl (C=O) groups excluding carboxylic acids is 1. The zero-order valence-corrected chi connectivity index (χ0v) is 8.24. The van der Waals surface area contributed by atoms with Gasteiger partial charge in [-0.1, -0.05) is 0 Å². The molecule has 13 heavy (non-hydrogen) atoms. The highest BCUT2D eigenvalue weighted by Crippen LogP contribution is 2.32. The van der Waals surface area contributed by atoms with Crippen LogP contribution < -0.4 is 0 Å². The standard InChI is InChI=1S/C9H15NO3/c1-6(11)10-4-7-8(5-10)13-9(2,3)12-7/h7-8H,4-5H2,1-3H3/t7-,8+. The summed E-state index contributed by atoms with van der Waals surface area (Å²) in [7, 11) is 0.